The maximum atomic E-state index is 12.1. The van der Waals surface area contributed by atoms with Gasteiger partial charge >= 0.3 is 6.09 Å². The summed E-state index contributed by atoms with van der Waals surface area (Å²) < 4.78 is 33.5. The first-order valence-electron chi connectivity index (χ1n) is 7.77. The third-order valence-electron chi connectivity index (χ3n) is 3.19. The van der Waals surface area contributed by atoms with Gasteiger partial charge in [0.05, 0.1) is 23.9 Å². The van der Waals surface area contributed by atoms with Crippen LogP contribution in [0.2, 0.25) is 5.02 Å². The zero-order chi connectivity index (χ0) is 19.4. The SMILES string of the molecule is COS(=O)(=O)Cc1cc(Cl)cnc1[C@@H](NC(=O)OC(C)(C)C)C(C)C. The highest BCUT2D eigenvalue weighted by Gasteiger charge is 2.27. The van der Waals surface area contributed by atoms with E-state index >= 15 is 0 Å². The van der Waals surface area contributed by atoms with Gasteiger partial charge in [-0.3, -0.25) is 9.17 Å². The van der Waals surface area contributed by atoms with Gasteiger partial charge in [-0.2, -0.15) is 8.42 Å². The Bertz CT molecular complexity index is 714. The van der Waals surface area contributed by atoms with Gasteiger partial charge in [0.15, 0.2) is 0 Å². The Morgan fingerprint density at radius 3 is 2.44 bits per heavy atom. The molecule has 0 aliphatic rings. The lowest BCUT2D eigenvalue weighted by atomic mass is 9.97. The van der Waals surface area contributed by atoms with Gasteiger partial charge < -0.3 is 10.1 Å². The molecule has 1 rings (SSSR count). The van der Waals surface area contributed by atoms with Crippen molar-refractivity contribution < 1.29 is 22.1 Å². The van der Waals surface area contributed by atoms with Crippen molar-refractivity contribution in [2.24, 2.45) is 5.92 Å². The predicted octanol–water partition coefficient (Wildman–Crippen LogP) is 3.43. The summed E-state index contributed by atoms with van der Waals surface area (Å²) in [4.78, 5) is 16.4. The normalized spacial score (nSPS) is 13.6. The van der Waals surface area contributed by atoms with E-state index in [-0.39, 0.29) is 5.92 Å². The number of carbonyl (C=O) groups is 1. The molecule has 0 saturated carbocycles. The van der Waals surface area contributed by atoms with E-state index < -0.39 is 33.6 Å². The van der Waals surface area contributed by atoms with Gasteiger partial charge in [-0.05, 0) is 38.3 Å². The van der Waals surface area contributed by atoms with Gasteiger partial charge in [-0.15, -0.1) is 0 Å². The van der Waals surface area contributed by atoms with E-state index in [1.165, 1.54) is 12.3 Å². The molecule has 1 N–H and O–H groups in total. The number of hydrogen-bond acceptors (Lipinski definition) is 6. The van der Waals surface area contributed by atoms with E-state index in [1.807, 2.05) is 13.8 Å². The van der Waals surface area contributed by atoms with Crippen molar-refractivity contribution in [1.29, 1.82) is 0 Å². The molecular weight excluding hydrogens is 368 g/mol. The molecular formula is C16H25ClN2O5S. The lowest BCUT2D eigenvalue weighted by molar-refractivity contribution is 0.0488. The van der Waals surface area contributed by atoms with Crippen LogP contribution in [0.1, 0.15) is 51.9 Å². The summed E-state index contributed by atoms with van der Waals surface area (Å²) in [6.45, 7) is 9.04. The van der Waals surface area contributed by atoms with Crippen LogP contribution < -0.4 is 5.32 Å². The summed E-state index contributed by atoms with van der Waals surface area (Å²) in [5, 5.41) is 3.05. The lowest BCUT2D eigenvalue weighted by Crippen LogP contribution is -2.37. The number of nitrogens with one attached hydrogen (secondary N) is 1. The van der Waals surface area contributed by atoms with E-state index in [2.05, 4.69) is 14.5 Å². The molecule has 1 aromatic rings. The lowest BCUT2D eigenvalue weighted by Gasteiger charge is -2.26. The second-order valence-corrected chi connectivity index (χ2v) is 9.11. The van der Waals surface area contributed by atoms with Crippen LogP contribution in [0.15, 0.2) is 12.3 Å². The first kappa shape index (κ1) is 21.7. The molecule has 0 aliphatic heterocycles. The molecule has 1 amide bonds. The highest BCUT2D eigenvalue weighted by molar-refractivity contribution is 7.85. The number of nitrogens with zero attached hydrogens (tertiary/aromatic N) is 1. The average Bonchev–Trinajstić information content (AvgIpc) is 2.43. The van der Waals surface area contributed by atoms with Crippen molar-refractivity contribution in [3.05, 3.63) is 28.5 Å². The van der Waals surface area contributed by atoms with Crippen molar-refractivity contribution >= 4 is 27.8 Å². The number of rotatable bonds is 6. The minimum atomic E-state index is -3.77. The second-order valence-electron chi connectivity index (χ2n) is 6.93. The summed E-state index contributed by atoms with van der Waals surface area (Å²) in [6.07, 6.45) is 0.801. The maximum Gasteiger partial charge on any atom is 0.408 e. The number of pyridine rings is 1. The monoisotopic (exact) mass is 392 g/mol. The fourth-order valence-electron chi connectivity index (χ4n) is 2.12. The molecule has 0 saturated heterocycles. The van der Waals surface area contributed by atoms with Gasteiger partial charge in [0.1, 0.15) is 11.4 Å². The number of halogens is 1. The molecule has 142 valence electrons. The molecule has 9 heteroatoms. The zero-order valence-corrected chi connectivity index (χ0v) is 16.9. The number of alkyl carbamates (subject to hydrolysis) is 1. The smallest absolute Gasteiger partial charge is 0.408 e. The van der Waals surface area contributed by atoms with E-state index in [9.17, 15) is 13.2 Å². The Hall–Kier alpha value is -1.38. The highest BCUT2D eigenvalue weighted by atomic mass is 35.5. The van der Waals surface area contributed by atoms with Gasteiger partial charge in [0.25, 0.3) is 10.1 Å². The molecule has 25 heavy (non-hydrogen) atoms. The Morgan fingerprint density at radius 2 is 1.96 bits per heavy atom. The quantitative estimate of drug-likeness (QED) is 0.745. The molecule has 0 radical (unpaired) electrons. The van der Waals surface area contributed by atoms with Crippen molar-refractivity contribution in [3.63, 3.8) is 0 Å². The summed E-state index contributed by atoms with van der Waals surface area (Å²) in [7, 11) is -2.68. The topological polar surface area (TPSA) is 94.6 Å². The van der Waals surface area contributed by atoms with Gasteiger partial charge in [-0.25, -0.2) is 4.79 Å². The van der Waals surface area contributed by atoms with Crippen LogP contribution in [-0.4, -0.2) is 32.2 Å². The Labute approximate surface area is 154 Å². The van der Waals surface area contributed by atoms with E-state index in [0.29, 0.717) is 16.3 Å². The first-order valence-corrected chi connectivity index (χ1v) is 9.72. The van der Waals surface area contributed by atoms with Crippen LogP contribution in [0.5, 0.6) is 0 Å². The summed E-state index contributed by atoms with van der Waals surface area (Å²) in [5.74, 6) is -0.462. The molecule has 1 aromatic heterocycles. The summed E-state index contributed by atoms with van der Waals surface area (Å²) in [5.41, 5.74) is 0.122. The van der Waals surface area contributed by atoms with E-state index in [0.717, 1.165) is 7.11 Å². The van der Waals surface area contributed by atoms with Crippen LogP contribution >= 0.6 is 11.6 Å². The third kappa shape index (κ3) is 7.17. The molecule has 0 spiro atoms. The fourth-order valence-corrected chi connectivity index (χ4v) is 3.03. The van der Waals surface area contributed by atoms with Gasteiger partial charge in [0.2, 0.25) is 0 Å². The van der Waals surface area contributed by atoms with Crippen molar-refractivity contribution in [2.45, 2.75) is 52.0 Å². The molecule has 0 unspecified atom stereocenters. The highest BCUT2D eigenvalue weighted by Crippen LogP contribution is 2.27. The molecule has 1 atom stereocenters. The molecule has 7 nitrogen and oxygen atoms in total. The van der Waals surface area contributed by atoms with Crippen molar-refractivity contribution in [1.82, 2.24) is 10.3 Å². The maximum absolute atomic E-state index is 12.1. The minimum absolute atomic E-state index is 0.0646. The Morgan fingerprint density at radius 1 is 1.36 bits per heavy atom. The number of carbonyl (C=O) groups excluding carboxylic acids is 1. The second kappa shape index (κ2) is 8.33. The van der Waals surface area contributed by atoms with Crippen LogP contribution in [0.25, 0.3) is 0 Å². The fraction of sp³-hybridized carbons (Fsp3) is 0.625. The number of aromatic nitrogens is 1. The van der Waals surface area contributed by atoms with Crippen LogP contribution in [0, 0.1) is 5.92 Å². The average molecular weight is 393 g/mol. The standard InChI is InChI=1S/C16H25ClN2O5S/c1-10(2)13(19-15(20)24-16(3,4)5)14-11(7-12(17)8-18-14)9-25(21,22)23-6/h7-8,10,13H,9H2,1-6H3,(H,19,20)/t13-/m0/s1. The minimum Gasteiger partial charge on any atom is -0.444 e. The summed E-state index contributed by atoms with van der Waals surface area (Å²) in [6, 6.07) is 0.959. The first-order chi connectivity index (χ1) is 11.3. The predicted molar refractivity (Wildman–Crippen MR) is 95.8 cm³/mol. The van der Waals surface area contributed by atoms with Crippen molar-refractivity contribution in [2.75, 3.05) is 7.11 Å². The van der Waals surface area contributed by atoms with E-state index in [4.69, 9.17) is 16.3 Å². The van der Waals surface area contributed by atoms with Crippen molar-refractivity contribution in [3.8, 4) is 0 Å². The molecule has 0 fully saturated rings. The zero-order valence-electron chi connectivity index (χ0n) is 15.3. The summed E-state index contributed by atoms with van der Waals surface area (Å²) >= 11 is 5.96. The number of hydrogen-bond donors (Lipinski definition) is 1. The number of ether oxygens (including phenoxy) is 1. The van der Waals surface area contributed by atoms with Crippen LogP contribution in [0.4, 0.5) is 4.79 Å². The number of amides is 1. The Kier molecular flexibility index (Phi) is 7.22. The van der Waals surface area contributed by atoms with E-state index in [1.54, 1.807) is 20.8 Å². The largest absolute Gasteiger partial charge is 0.444 e. The molecule has 0 aromatic carbocycles. The van der Waals surface area contributed by atoms with Crippen LogP contribution in [0.3, 0.4) is 0 Å². The van der Waals surface area contributed by atoms with Gasteiger partial charge in [-0.1, -0.05) is 25.4 Å². The van der Waals surface area contributed by atoms with Crippen LogP contribution in [-0.2, 0) is 24.8 Å². The molecule has 0 bridgehead atoms. The molecule has 1 heterocycles. The molecule has 0 aliphatic carbocycles. The van der Waals surface area contributed by atoms with Gasteiger partial charge in [0, 0.05) is 6.20 Å². The Balaban J connectivity index is 3.21. The third-order valence-corrected chi connectivity index (χ3v) is 4.57.